The number of amides is 1. The lowest BCUT2D eigenvalue weighted by molar-refractivity contribution is -0.139. The number of hydrogen-bond donors (Lipinski definition) is 0. The van der Waals surface area contributed by atoms with Gasteiger partial charge in [0, 0.05) is 43.5 Å². The topological polar surface area (TPSA) is 23.6 Å². The van der Waals surface area contributed by atoms with Gasteiger partial charge in [0.25, 0.3) is 0 Å². The lowest BCUT2D eigenvalue weighted by Gasteiger charge is -2.46. The van der Waals surface area contributed by atoms with Crippen LogP contribution in [0.2, 0.25) is 0 Å². The average Bonchev–Trinajstić information content (AvgIpc) is 2.82. The molecular formula is C15H23ClN2OS. The summed E-state index contributed by atoms with van der Waals surface area (Å²) in [4.78, 5) is 18.0. The molecule has 2 aliphatic rings. The fourth-order valence-corrected chi connectivity index (χ4v) is 3.85. The van der Waals surface area contributed by atoms with Gasteiger partial charge < -0.3 is 4.90 Å². The zero-order valence-electron chi connectivity index (χ0n) is 12.0. The predicted octanol–water partition coefficient (Wildman–Crippen LogP) is 2.93. The summed E-state index contributed by atoms with van der Waals surface area (Å²) in [6.45, 7) is 6.28. The van der Waals surface area contributed by atoms with Crippen LogP contribution < -0.4 is 0 Å². The Hall–Kier alpha value is -0.580. The average molecular weight is 315 g/mol. The molecule has 3 nitrogen and oxygen atoms in total. The zero-order valence-corrected chi connectivity index (χ0v) is 13.6. The van der Waals surface area contributed by atoms with Crippen LogP contribution in [0.25, 0.3) is 0 Å². The lowest BCUT2D eigenvalue weighted by Crippen LogP contribution is -2.61. The number of carbonyl (C=O) groups is 1. The molecule has 5 heteroatoms. The first-order chi connectivity index (χ1) is 9.28. The van der Waals surface area contributed by atoms with Gasteiger partial charge in [-0.05, 0) is 29.9 Å². The van der Waals surface area contributed by atoms with Crippen molar-refractivity contribution in [1.29, 1.82) is 0 Å². The Kier molecular flexibility index (Phi) is 5.47. The standard InChI is InChI=1S/C15H22N2OS.ClH/c1-2-3-4-15(18)17-10-13(11-17)16-7-5-14-12(9-16)6-8-19-14;/h6,8,13H,2-5,7,9-11H2,1H3;1H. The number of nitrogens with zero attached hydrogens (tertiary/aromatic N) is 2. The normalized spacial score (nSPS) is 19.1. The van der Waals surface area contributed by atoms with Crippen LogP contribution in [0.1, 0.15) is 36.6 Å². The molecule has 0 aromatic carbocycles. The number of carbonyl (C=O) groups excluding carboxylic acids is 1. The largest absolute Gasteiger partial charge is 0.339 e. The van der Waals surface area contributed by atoms with Gasteiger partial charge in [-0.3, -0.25) is 9.69 Å². The Bertz CT molecular complexity index is 456. The predicted molar refractivity (Wildman–Crippen MR) is 85.6 cm³/mol. The third kappa shape index (κ3) is 3.18. The molecule has 1 aromatic heterocycles. The molecule has 0 unspecified atom stereocenters. The molecule has 3 heterocycles. The summed E-state index contributed by atoms with van der Waals surface area (Å²) < 4.78 is 0. The summed E-state index contributed by atoms with van der Waals surface area (Å²) in [7, 11) is 0. The molecular weight excluding hydrogens is 292 g/mol. The summed E-state index contributed by atoms with van der Waals surface area (Å²) in [5, 5.41) is 2.20. The molecule has 0 bridgehead atoms. The van der Waals surface area contributed by atoms with Crippen LogP contribution in [0, 0.1) is 0 Å². The van der Waals surface area contributed by atoms with Crippen molar-refractivity contribution in [3.05, 3.63) is 21.9 Å². The molecule has 0 atom stereocenters. The van der Waals surface area contributed by atoms with Crippen molar-refractivity contribution >= 4 is 29.7 Å². The van der Waals surface area contributed by atoms with Crippen LogP contribution in [-0.4, -0.2) is 41.4 Å². The van der Waals surface area contributed by atoms with Crippen molar-refractivity contribution in [2.45, 2.75) is 45.2 Å². The quantitative estimate of drug-likeness (QED) is 0.853. The Morgan fingerprint density at radius 3 is 3.00 bits per heavy atom. The van der Waals surface area contributed by atoms with E-state index >= 15 is 0 Å². The summed E-state index contributed by atoms with van der Waals surface area (Å²) in [5.74, 6) is 0.353. The van der Waals surface area contributed by atoms with Crippen LogP contribution in [0.15, 0.2) is 11.4 Å². The maximum absolute atomic E-state index is 11.9. The van der Waals surface area contributed by atoms with Crippen molar-refractivity contribution in [2.24, 2.45) is 0 Å². The van der Waals surface area contributed by atoms with E-state index < -0.39 is 0 Å². The van der Waals surface area contributed by atoms with Crippen LogP contribution >= 0.6 is 23.7 Å². The van der Waals surface area contributed by atoms with Crippen LogP contribution in [0.5, 0.6) is 0 Å². The van der Waals surface area contributed by atoms with Gasteiger partial charge in [0.05, 0.1) is 0 Å². The molecule has 1 aromatic rings. The van der Waals surface area contributed by atoms with Crippen molar-refractivity contribution in [3.8, 4) is 0 Å². The second kappa shape index (κ2) is 6.92. The van der Waals surface area contributed by atoms with E-state index in [0.29, 0.717) is 11.9 Å². The zero-order chi connectivity index (χ0) is 13.2. The van der Waals surface area contributed by atoms with Gasteiger partial charge in [0.15, 0.2) is 0 Å². The molecule has 2 aliphatic heterocycles. The summed E-state index contributed by atoms with van der Waals surface area (Å²) in [6, 6.07) is 2.85. The maximum atomic E-state index is 11.9. The molecule has 0 spiro atoms. The smallest absolute Gasteiger partial charge is 0.222 e. The highest BCUT2D eigenvalue weighted by Crippen LogP contribution is 2.27. The van der Waals surface area contributed by atoms with Gasteiger partial charge in [-0.25, -0.2) is 0 Å². The molecule has 20 heavy (non-hydrogen) atoms. The van der Waals surface area contributed by atoms with Crippen molar-refractivity contribution in [1.82, 2.24) is 9.80 Å². The van der Waals surface area contributed by atoms with E-state index in [0.717, 1.165) is 45.4 Å². The second-order valence-electron chi connectivity index (χ2n) is 5.65. The number of thiophene rings is 1. The third-order valence-corrected chi connectivity index (χ3v) is 5.34. The molecule has 1 amide bonds. The molecule has 0 radical (unpaired) electrons. The minimum atomic E-state index is 0. The summed E-state index contributed by atoms with van der Waals surface area (Å²) >= 11 is 1.89. The molecule has 0 N–H and O–H groups in total. The number of unbranched alkanes of at least 4 members (excludes halogenated alkanes) is 1. The van der Waals surface area contributed by atoms with E-state index in [4.69, 9.17) is 0 Å². The number of halogens is 1. The molecule has 3 rings (SSSR count). The maximum Gasteiger partial charge on any atom is 0.222 e. The minimum Gasteiger partial charge on any atom is -0.339 e. The highest BCUT2D eigenvalue weighted by atomic mass is 35.5. The van der Waals surface area contributed by atoms with Gasteiger partial charge in [-0.2, -0.15) is 0 Å². The van der Waals surface area contributed by atoms with Crippen LogP contribution in [-0.2, 0) is 17.8 Å². The summed E-state index contributed by atoms with van der Waals surface area (Å²) in [5.41, 5.74) is 1.51. The van der Waals surface area contributed by atoms with Gasteiger partial charge in [0.1, 0.15) is 0 Å². The second-order valence-corrected chi connectivity index (χ2v) is 6.65. The SMILES string of the molecule is CCCCC(=O)N1CC(N2CCc3sccc3C2)C1.Cl. The number of fused-ring (bicyclic) bond motifs is 1. The van der Waals surface area contributed by atoms with Gasteiger partial charge in [-0.15, -0.1) is 23.7 Å². The van der Waals surface area contributed by atoms with Crippen molar-refractivity contribution in [3.63, 3.8) is 0 Å². The highest BCUT2D eigenvalue weighted by Gasteiger charge is 2.35. The third-order valence-electron chi connectivity index (χ3n) is 4.31. The Balaban J connectivity index is 0.00000147. The van der Waals surface area contributed by atoms with E-state index in [9.17, 15) is 4.79 Å². The van der Waals surface area contributed by atoms with E-state index in [1.54, 1.807) is 4.88 Å². The Labute approximate surface area is 131 Å². The highest BCUT2D eigenvalue weighted by molar-refractivity contribution is 7.10. The Morgan fingerprint density at radius 1 is 1.45 bits per heavy atom. The molecule has 0 saturated carbocycles. The molecule has 112 valence electrons. The van der Waals surface area contributed by atoms with Crippen molar-refractivity contribution < 1.29 is 4.79 Å². The van der Waals surface area contributed by atoms with Crippen LogP contribution in [0.3, 0.4) is 0 Å². The van der Waals surface area contributed by atoms with E-state index in [2.05, 4.69) is 23.3 Å². The van der Waals surface area contributed by atoms with Gasteiger partial charge in [-0.1, -0.05) is 13.3 Å². The first kappa shape index (κ1) is 15.8. The fourth-order valence-electron chi connectivity index (χ4n) is 2.96. The molecule has 0 aliphatic carbocycles. The molecule has 1 fully saturated rings. The van der Waals surface area contributed by atoms with Crippen molar-refractivity contribution in [2.75, 3.05) is 19.6 Å². The molecule has 1 saturated heterocycles. The van der Waals surface area contributed by atoms with E-state index in [1.807, 2.05) is 16.2 Å². The number of rotatable bonds is 4. The first-order valence-corrected chi connectivity index (χ1v) is 8.23. The first-order valence-electron chi connectivity index (χ1n) is 7.35. The van der Waals surface area contributed by atoms with E-state index in [-0.39, 0.29) is 12.4 Å². The van der Waals surface area contributed by atoms with Gasteiger partial charge in [0.2, 0.25) is 5.91 Å². The number of likely N-dealkylation sites (tertiary alicyclic amines) is 1. The van der Waals surface area contributed by atoms with E-state index in [1.165, 1.54) is 12.0 Å². The summed E-state index contributed by atoms with van der Waals surface area (Å²) in [6.07, 6.45) is 4.06. The number of hydrogen-bond acceptors (Lipinski definition) is 3. The fraction of sp³-hybridized carbons (Fsp3) is 0.667. The lowest BCUT2D eigenvalue weighted by atomic mass is 10.0. The monoisotopic (exact) mass is 314 g/mol. The van der Waals surface area contributed by atoms with Gasteiger partial charge >= 0.3 is 0 Å². The minimum absolute atomic E-state index is 0. The van der Waals surface area contributed by atoms with Crippen LogP contribution in [0.4, 0.5) is 0 Å². The Morgan fingerprint density at radius 2 is 2.25 bits per heavy atom.